The summed E-state index contributed by atoms with van der Waals surface area (Å²) in [6, 6.07) is 14.9. The molecule has 0 aromatic heterocycles. The second kappa shape index (κ2) is 18.0. The number of benzene rings is 2. The van der Waals surface area contributed by atoms with Crippen molar-refractivity contribution in [2.45, 2.75) is 115 Å². The summed E-state index contributed by atoms with van der Waals surface area (Å²) in [4.78, 5) is 17.9. The molecule has 0 radical (unpaired) electrons. The Bertz CT molecular complexity index is 1340. The monoisotopic (exact) mass is 730 g/mol. The highest BCUT2D eigenvalue weighted by molar-refractivity contribution is 6.77. The van der Waals surface area contributed by atoms with Crippen molar-refractivity contribution in [1.29, 1.82) is 0 Å². The van der Waals surface area contributed by atoms with Crippen LogP contribution in [-0.4, -0.2) is 84.1 Å². The molecule has 2 aliphatic rings. The van der Waals surface area contributed by atoms with Gasteiger partial charge in [-0.3, -0.25) is 0 Å². The lowest BCUT2D eigenvalue weighted by atomic mass is 9.78. The Kier molecular flexibility index (Phi) is 14.5. The van der Waals surface area contributed by atoms with Gasteiger partial charge in [-0.15, -0.1) is 11.6 Å². The second-order valence-electron chi connectivity index (χ2n) is 16.0. The third-order valence-corrected chi connectivity index (χ3v) is 16.8. The lowest BCUT2D eigenvalue weighted by Gasteiger charge is -2.47. The molecule has 2 heterocycles. The van der Waals surface area contributed by atoms with Crippen molar-refractivity contribution in [1.82, 2.24) is 4.90 Å². The van der Waals surface area contributed by atoms with Crippen molar-refractivity contribution < 1.29 is 28.2 Å². The summed E-state index contributed by atoms with van der Waals surface area (Å²) in [7, 11) is -0.446. The van der Waals surface area contributed by atoms with E-state index >= 15 is 0 Å². The summed E-state index contributed by atoms with van der Waals surface area (Å²) in [5.74, 6) is 1.36. The predicted octanol–water partition coefficient (Wildman–Crippen LogP) is 9.39. The molecule has 0 spiro atoms. The number of methoxy groups -OCH3 is 1. The van der Waals surface area contributed by atoms with Crippen LogP contribution < -0.4 is 9.64 Å². The van der Waals surface area contributed by atoms with Gasteiger partial charge >= 0.3 is 6.09 Å². The van der Waals surface area contributed by atoms with Crippen LogP contribution in [0, 0.1) is 5.92 Å². The van der Waals surface area contributed by atoms with Crippen LogP contribution in [0.4, 0.5) is 10.5 Å². The lowest BCUT2D eigenvalue weighted by Crippen LogP contribution is -2.55. The molecule has 2 aromatic carbocycles. The first-order valence-corrected chi connectivity index (χ1v) is 21.3. The topological polar surface area (TPSA) is 69.7 Å². The van der Waals surface area contributed by atoms with E-state index in [9.17, 15) is 4.79 Å². The Hall–Kier alpha value is -2.30. The summed E-state index contributed by atoms with van der Waals surface area (Å²) in [6.45, 7) is 24.7. The van der Waals surface area contributed by atoms with E-state index < -0.39 is 13.9 Å². The smallest absolute Gasteiger partial charge is 0.410 e. The SMILES string of the molecule is COCCCN1CCOc2ccc(CO[C@H]3CN(C(=O)OC(C)(C)C)C[C@@H](CO[Si](C(C)C)(C(C)C)C(C)C)[C@@H]3c3ccc(CCl)cc3)cc21. The molecule has 8 nitrogen and oxygen atoms in total. The van der Waals surface area contributed by atoms with Crippen LogP contribution in [0.25, 0.3) is 0 Å². The lowest BCUT2D eigenvalue weighted by molar-refractivity contribution is -0.0594. The maximum absolute atomic E-state index is 13.7. The third-order valence-electron chi connectivity index (χ3n) is 10.4. The van der Waals surface area contributed by atoms with Gasteiger partial charge in [0.1, 0.15) is 18.0 Å². The highest BCUT2D eigenvalue weighted by Gasteiger charge is 2.48. The fourth-order valence-electron chi connectivity index (χ4n) is 8.20. The quantitative estimate of drug-likeness (QED) is 0.103. The van der Waals surface area contributed by atoms with Gasteiger partial charge in [-0.2, -0.15) is 0 Å². The van der Waals surface area contributed by atoms with Crippen LogP contribution >= 0.6 is 11.6 Å². The molecule has 2 aliphatic heterocycles. The van der Waals surface area contributed by atoms with Gasteiger partial charge in [-0.25, -0.2) is 4.79 Å². The van der Waals surface area contributed by atoms with Crippen LogP contribution in [0.15, 0.2) is 42.5 Å². The average Bonchev–Trinajstić information content (AvgIpc) is 3.06. The number of anilines is 1. The minimum absolute atomic E-state index is 0.000506. The molecule has 10 heteroatoms. The fraction of sp³-hybridized carbons (Fsp3) is 0.675. The first-order chi connectivity index (χ1) is 23.7. The molecule has 280 valence electrons. The van der Waals surface area contributed by atoms with Gasteiger partial charge in [0.15, 0.2) is 8.32 Å². The number of fused-ring (bicyclic) bond motifs is 1. The van der Waals surface area contributed by atoms with Gasteiger partial charge < -0.3 is 33.2 Å². The predicted molar refractivity (Wildman–Crippen MR) is 206 cm³/mol. The minimum atomic E-state index is -2.19. The molecule has 0 bridgehead atoms. The van der Waals surface area contributed by atoms with E-state index in [-0.39, 0.29) is 24.0 Å². The van der Waals surface area contributed by atoms with Crippen LogP contribution in [-0.2, 0) is 31.1 Å². The van der Waals surface area contributed by atoms with Crippen molar-refractivity contribution in [3.05, 3.63) is 59.2 Å². The largest absolute Gasteiger partial charge is 0.490 e. The van der Waals surface area contributed by atoms with Gasteiger partial charge in [0.25, 0.3) is 0 Å². The number of carbonyl (C=O) groups is 1. The molecule has 1 saturated heterocycles. The van der Waals surface area contributed by atoms with E-state index in [1.807, 2.05) is 25.7 Å². The number of carbonyl (C=O) groups excluding carboxylic acids is 1. The highest BCUT2D eigenvalue weighted by atomic mass is 35.5. The second-order valence-corrected chi connectivity index (χ2v) is 21.7. The van der Waals surface area contributed by atoms with Crippen molar-refractivity contribution in [3.63, 3.8) is 0 Å². The summed E-state index contributed by atoms with van der Waals surface area (Å²) >= 11 is 6.21. The molecule has 50 heavy (non-hydrogen) atoms. The molecular formula is C40H63ClN2O6Si. The maximum atomic E-state index is 13.7. The zero-order valence-electron chi connectivity index (χ0n) is 32.3. The summed E-state index contributed by atoms with van der Waals surface area (Å²) in [6.07, 6.45) is 0.344. The molecule has 0 N–H and O–H groups in total. The number of nitrogens with zero attached hydrogens (tertiary/aromatic N) is 2. The number of amides is 1. The molecule has 0 unspecified atom stereocenters. The van der Waals surface area contributed by atoms with Crippen molar-refractivity contribution in [2.75, 3.05) is 58.0 Å². The Morgan fingerprint density at radius 1 is 0.980 bits per heavy atom. The number of likely N-dealkylation sites (tertiary alicyclic amines) is 1. The van der Waals surface area contributed by atoms with Gasteiger partial charge in [-0.1, -0.05) is 71.9 Å². The van der Waals surface area contributed by atoms with Gasteiger partial charge in [0.2, 0.25) is 0 Å². The number of hydrogen-bond donors (Lipinski definition) is 0. The Balaban J connectivity index is 1.69. The van der Waals surface area contributed by atoms with E-state index in [1.54, 1.807) is 7.11 Å². The molecular weight excluding hydrogens is 668 g/mol. The molecule has 2 aromatic rings. The third kappa shape index (κ3) is 9.97. The first-order valence-electron chi connectivity index (χ1n) is 18.6. The molecule has 1 amide bonds. The van der Waals surface area contributed by atoms with E-state index in [1.165, 1.54) is 5.56 Å². The number of halogens is 1. The van der Waals surface area contributed by atoms with Crippen LogP contribution in [0.2, 0.25) is 16.6 Å². The number of rotatable bonds is 15. The molecule has 0 saturated carbocycles. The summed E-state index contributed by atoms with van der Waals surface area (Å²) < 4.78 is 31.5. The van der Waals surface area contributed by atoms with Crippen LogP contribution in [0.3, 0.4) is 0 Å². The Morgan fingerprint density at radius 3 is 2.24 bits per heavy atom. The van der Waals surface area contributed by atoms with Gasteiger partial charge in [-0.05, 0) is 72.6 Å². The van der Waals surface area contributed by atoms with E-state index in [0.29, 0.717) is 55.4 Å². The number of alkyl halides is 1. The average molecular weight is 731 g/mol. The Morgan fingerprint density at radius 2 is 1.64 bits per heavy atom. The molecule has 1 fully saturated rings. The van der Waals surface area contributed by atoms with E-state index in [4.69, 9.17) is 35.0 Å². The summed E-state index contributed by atoms with van der Waals surface area (Å²) in [5.41, 5.74) is 5.14. The van der Waals surface area contributed by atoms with E-state index in [0.717, 1.165) is 48.7 Å². The van der Waals surface area contributed by atoms with Gasteiger partial charge in [0.05, 0.1) is 31.5 Å². The van der Waals surface area contributed by atoms with Crippen molar-refractivity contribution in [3.8, 4) is 5.75 Å². The number of hydrogen-bond acceptors (Lipinski definition) is 7. The van der Waals surface area contributed by atoms with Crippen molar-refractivity contribution >= 4 is 31.7 Å². The zero-order valence-corrected chi connectivity index (χ0v) is 34.1. The first kappa shape index (κ1) is 40.5. The molecule has 3 atom stereocenters. The molecule has 4 rings (SSSR count). The number of ether oxygens (including phenoxy) is 4. The maximum Gasteiger partial charge on any atom is 0.410 e. The highest BCUT2D eigenvalue weighted by Crippen LogP contribution is 2.44. The fourth-order valence-corrected chi connectivity index (χ4v) is 13.9. The zero-order chi connectivity index (χ0) is 36.6. The van der Waals surface area contributed by atoms with Crippen molar-refractivity contribution in [2.24, 2.45) is 5.92 Å². The molecule has 0 aliphatic carbocycles. The van der Waals surface area contributed by atoms with Crippen LogP contribution in [0.5, 0.6) is 5.75 Å². The van der Waals surface area contributed by atoms with Crippen LogP contribution in [0.1, 0.15) is 91.3 Å². The Labute approximate surface area is 308 Å². The number of piperidine rings is 1. The summed E-state index contributed by atoms with van der Waals surface area (Å²) in [5, 5.41) is 0. The standard InChI is InChI=1S/C40H63ClN2O6Si/c1-28(2)50(29(3)4,30(5)6)48-27-34-24-43(39(44)49-40(7,8)9)25-37(38(34)33-15-12-31(23-41)13-16-33)47-26-32-14-17-36-35(22-32)42(19-21-46-36)18-11-20-45-10/h12-17,22,28-30,34,37-38H,11,18-21,23-27H2,1-10H3/t34-,37-,38-/m0/s1. The minimum Gasteiger partial charge on any atom is -0.490 e. The van der Waals surface area contributed by atoms with Gasteiger partial charge in [0, 0.05) is 51.1 Å². The van der Waals surface area contributed by atoms with E-state index in [2.05, 4.69) is 88.9 Å². The normalized spacial score (nSPS) is 20.0.